The Balaban J connectivity index is 1.55. The molecule has 1 fully saturated rings. The molecule has 2 atom stereocenters. The van der Waals surface area contributed by atoms with Crippen LogP contribution in [-0.4, -0.2) is 26.0 Å². The monoisotopic (exact) mass is 377 g/mol. The Labute approximate surface area is 161 Å². The van der Waals surface area contributed by atoms with Gasteiger partial charge in [0.1, 0.15) is 17.7 Å². The number of nitriles is 2. The van der Waals surface area contributed by atoms with Crippen molar-refractivity contribution < 1.29 is 0 Å². The average Bonchev–Trinajstić information content (AvgIpc) is 3.17. The van der Waals surface area contributed by atoms with Crippen molar-refractivity contribution in [3.8, 4) is 12.1 Å². The molecule has 0 aliphatic heterocycles. The van der Waals surface area contributed by atoms with E-state index in [1.54, 1.807) is 6.33 Å². The number of imidazole rings is 1. The lowest BCUT2D eigenvalue weighted by Crippen LogP contribution is -2.27. The number of halogens is 1. The molecule has 0 amide bonds. The number of hydrogen-bond acceptors (Lipinski definition) is 6. The summed E-state index contributed by atoms with van der Waals surface area (Å²) in [6.07, 6.45) is 7.14. The maximum absolute atomic E-state index is 9.27. The van der Waals surface area contributed by atoms with Crippen LogP contribution in [0.25, 0.3) is 11.0 Å². The van der Waals surface area contributed by atoms with Gasteiger partial charge in [-0.15, -0.1) is 0 Å². The van der Waals surface area contributed by atoms with E-state index >= 15 is 0 Å². The Kier molecular flexibility index (Phi) is 4.62. The fraction of sp³-hybridized carbons (Fsp3) is 0.316. The van der Waals surface area contributed by atoms with Crippen LogP contribution in [0.2, 0.25) is 5.15 Å². The van der Waals surface area contributed by atoms with E-state index in [1.807, 2.05) is 18.2 Å². The molecular formula is C19H16ClN7. The third-order valence-electron chi connectivity index (χ3n) is 5.04. The standard InChI is InChI=1S/C19H16ClN7/c20-18-13(8-22)9-23-19(27-18)26-14-3-1-2-11(6-14)15-5-4-12(7-21)16-17(15)25-10-24-16/h4-5,9-11,14H,1-3,6H2,(H,24,25)(H,23,26,27)/t11-,14+/m0/s1. The van der Waals surface area contributed by atoms with Crippen molar-refractivity contribution >= 4 is 28.6 Å². The summed E-state index contributed by atoms with van der Waals surface area (Å²) in [4.78, 5) is 15.9. The van der Waals surface area contributed by atoms with Crippen molar-refractivity contribution in [1.82, 2.24) is 19.9 Å². The Bertz CT molecular complexity index is 1080. The fourth-order valence-corrected chi connectivity index (χ4v) is 3.94. The summed E-state index contributed by atoms with van der Waals surface area (Å²) >= 11 is 6.00. The van der Waals surface area contributed by atoms with Crippen LogP contribution >= 0.6 is 11.6 Å². The van der Waals surface area contributed by atoms with E-state index in [4.69, 9.17) is 16.9 Å². The van der Waals surface area contributed by atoms with Gasteiger partial charge >= 0.3 is 0 Å². The van der Waals surface area contributed by atoms with Gasteiger partial charge in [0.05, 0.1) is 29.1 Å². The molecule has 8 heteroatoms. The van der Waals surface area contributed by atoms with E-state index < -0.39 is 0 Å². The molecule has 0 spiro atoms. The summed E-state index contributed by atoms with van der Waals surface area (Å²) in [5.41, 5.74) is 3.71. The molecule has 3 aromatic rings. The maximum atomic E-state index is 9.27. The molecule has 0 bridgehead atoms. The van der Waals surface area contributed by atoms with Gasteiger partial charge in [-0.2, -0.15) is 15.5 Å². The third-order valence-corrected chi connectivity index (χ3v) is 5.33. The Morgan fingerprint density at radius 2 is 2.00 bits per heavy atom. The zero-order chi connectivity index (χ0) is 18.8. The lowest BCUT2D eigenvalue weighted by molar-refractivity contribution is 0.410. The molecule has 7 nitrogen and oxygen atoms in total. The normalized spacial score (nSPS) is 19.4. The predicted octanol–water partition coefficient (Wildman–Crippen LogP) is 3.89. The van der Waals surface area contributed by atoms with Crippen molar-refractivity contribution in [2.24, 2.45) is 0 Å². The minimum Gasteiger partial charge on any atom is -0.351 e. The second-order valence-corrected chi connectivity index (χ2v) is 7.01. The lowest BCUT2D eigenvalue weighted by atomic mass is 9.80. The number of fused-ring (bicyclic) bond motifs is 1. The second kappa shape index (κ2) is 7.22. The molecule has 1 saturated carbocycles. The highest BCUT2D eigenvalue weighted by Gasteiger charge is 2.26. The highest BCUT2D eigenvalue weighted by molar-refractivity contribution is 6.30. The van der Waals surface area contributed by atoms with Crippen molar-refractivity contribution in [2.75, 3.05) is 5.32 Å². The summed E-state index contributed by atoms with van der Waals surface area (Å²) in [5, 5.41) is 21.7. The van der Waals surface area contributed by atoms with Gasteiger partial charge in [0.15, 0.2) is 5.15 Å². The molecule has 1 aromatic carbocycles. The first-order valence-electron chi connectivity index (χ1n) is 8.75. The number of aromatic amines is 1. The number of anilines is 1. The van der Waals surface area contributed by atoms with E-state index in [-0.39, 0.29) is 16.8 Å². The average molecular weight is 378 g/mol. The number of hydrogen-bond donors (Lipinski definition) is 2. The van der Waals surface area contributed by atoms with Crippen LogP contribution in [-0.2, 0) is 0 Å². The van der Waals surface area contributed by atoms with Crippen molar-refractivity contribution in [1.29, 1.82) is 10.5 Å². The van der Waals surface area contributed by atoms with Gasteiger partial charge in [-0.25, -0.2) is 9.97 Å². The smallest absolute Gasteiger partial charge is 0.224 e. The molecule has 0 unspecified atom stereocenters. The number of nitrogens with one attached hydrogen (secondary N) is 2. The number of H-pyrrole nitrogens is 1. The van der Waals surface area contributed by atoms with Gasteiger partial charge in [-0.1, -0.05) is 24.1 Å². The SMILES string of the molecule is N#Cc1cnc(N[C@@H]2CCC[C@H](c3ccc(C#N)c4[nH]cnc34)C2)nc1Cl. The molecular weight excluding hydrogens is 362 g/mol. The molecule has 0 radical (unpaired) electrons. The van der Waals surface area contributed by atoms with Gasteiger partial charge in [0.2, 0.25) is 5.95 Å². The zero-order valence-electron chi connectivity index (χ0n) is 14.4. The van der Waals surface area contributed by atoms with Crippen LogP contribution < -0.4 is 5.32 Å². The second-order valence-electron chi connectivity index (χ2n) is 6.65. The molecule has 4 rings (SSSR count). The first-order valence-corrected chi connectivity index (χ1v) is 9.12. The Morgan fingerprint density at radius 3 is 2.78 bits per heavy atom. The predicted molar refractivity (Wildman–Crippen MR) is 101 cm³/mol. The van der Waals surface area contributed by atoms with Gasteiger partial charge in [-0.05, 0) is 36.8 Å². The molecule has 0 saturated heterocycles. The molecule has 1 aliphatic carbocycles. The van der Waals surface area contributed by atoms with E-state index in [2.05, 4.69) is 31.3 Å². The Hall–Kier alpha value is -3.16. The van der Waals surface area contributed by atoms with E-state index in [1.165, 1.54) is 6.20 Å². The number of nitrogens with zero attached hydrogens (tertiary/aromatic N) is 5. The van der Waals surface area contributed by atoms with Crippen LogP contribution in [0.3, 0.4) is 0 Å². The number of aromatic nitrogens is 4. The number of rotatable bonds is 3. The zero-order valence-corrected chi connectivity index (χ0v) is 15.2. The van der Waals surface area contributed by atoms with Gasteiger partial charge in [-0.3, -0.25) is 0 Å². The first-order chi connectivity index (χ1) is 13.2. The highest BCUT2D eigenvalue weighted by Crippen LogP contribution is 2.37. The highest BCUT2D eigenvalue weighted by atomic mass is 35.5. The van der Waals surface area contributed by atoms with Crippen molar-refractivity contribution in [3.05, 3.63) is 46.5 Å². The van der Waals surface area contributed by atoms with Crippen LogP contribution in [0.15, 0.2) is 24.7 Å². The third kappa shape index (κ3) is 3.30. The molecule has 2 N–H and O–H groups in total. The maximum Gasteiger partial charge on any atom is 0.224 e. The summed E-state index contributed by atoms with van der Waals surface area (Å²) in [6, 6.07) is 8.25. The van der Waals surface area contributed by atoms with Gasteiger partial charge in [0.25, 0.3) is 0 Å². The van der Waals surface area contributed by atoms with E-state index in [0.717, 1.165) is 42.3 Å². The van der Waals surface area contributed by atoms with Crippen LogP contribution in [0.5, 0.6) is 0 Å². The molecule has 1 aliphatic rings. The van der Waals surface area contributed by atoms with E-state index in [9.17, 15) is 5.26 Å². The lowest BCUT2D eigenvalue weighted by Gasteiger charge is -2.30. The fourth-order valence-electron chi connectivity index (χ4n) is 3.77. The quantitative estimate of drug-likeness (QED) is 0.669. The van der Waals surface area contributed by atoms with Gasteiger partial charge < -0.3 is 10.3 Å². The minimum atomic E-state index is 0.160. The molecule has 27 heavy (non-hydrogen) atoms. The molecule has 134 valence electrons. The first kappa shape index (κ1) is 17.3. The minimum absolute atomic E-state index is 0.160. The Morgan fingerprint density at radius 1 is 1.15 bits per heavy atom. The van der Waals surface area contributed by atoms with Crippen LogP contribution in [0.1, 0.15) is 48.3 Å². The largest absolute Gasteiger partial charge is 0.351 e. The summed E-state index contributed by atoms with van der Waals surface area (Å²) in [5.74, 6) is 0.776. The summed E-state index contributed by atoms with van der Waals surface area (Å²) in [6.45, 7) is 0. The van der Waals surface area contributed by atoms with Crippen molar-refractivity contribution in [3.63, 3.8) is 0 Å². The van der Waals surface area contributed by atoms with Crippen LogP contribution in [0, 0.1) is 22.7 Å². The number of benzene rings is 1. The van der Waals surface area contributed by atoms with Crippen molar-refractivity contribution in [2.45, 2.75) is 37.6 Å². The van der Waals surface area contributed by atoms with Crippen LogP contribution in [0.4, 0.5) is 5.95 Å². The molecule has 2 aromatic heterocycles. The summed E-state index contributed by atoms with van der Waals surface area (Å²) < 4.78 is 0. The van der Waals surface area contributed by atoms with Gasteiger partial charge in [0, 0.05) is 6.04 Å². The summed E-state index contributed by atoms with van der Waals surface area (Å²) in [7, 11) is 0. The topological polar surface area (TPSA) is 114 Å². The van der Waals surface area contributed by atoms with E-state index in [0.29, 0.717) is 17.4 Å². The molecule has 2 heterocycles.